The molecule has 1 heterocycles. The molecule has 0 radical (unpaired) electrons. The highest BCUT2D eigenvalue weighted by Gasteiger charge is 2.32. The van der Waals surface area contributed by atoms with Crippen LogP contribution in [0.5, 0.6) is 0 Å². The fraction of sp³-hybridized carbons (Fsp3) is 0.273. The maximum Gasteiger partial charge on any atom is 0.397 e. The van der Waals surface area contributed by atoms with Crippen molar-refractivity contribution in [1.29, 1.82) is 0 Å². The first-order valence-electron chi connectivity index (χ1n) is 4.69. The lowest BCUT2D eigenvalue weighted by atomic mass is 10.1. The standard InChI is InChI=1S/C11H11NO3/c1-12-7-9(15-11(14)10(12)13)8-5-3-2-4-6-8/h2-6,9H,7H2,1H3. The normalized spacial score (nSPS) is 21.4. The topological polar surface area (TPSA) is 46.6 Å². The molecule has 15 heavy (non-hydrogen) atoms. The molecule has 4 heteroatoms. The summed E-state index contributed by atoms with van der Waals surface area (Å²) in [7, 11) is 1.60. The highest BCUT2D eigenvalue weighted by molar-refractivity contribution is 6.32. The molecule has 0 aliphatic carbocycles. The van der Waals surface area contributed by atoms with Gasteiger partial charge in [0.05, 0.1) is 6.54 Å². The van der Waals surface area contributed by atoms with Gasteiger partial charge in [0.15, 0.2) is 0 Å². The van der Waals surface area contributed by atoms with Crippen LogP contribution in [-0.4, -0.2) is 30.4 Å². The number of esters is 1. The van der Waals surface area contributed by atoms with Crippen molar-refractivity contribution in [3.8, 4) is 0 Å². The van der Waals surface area contributed by atoms with Crippen LogP contribution in [0.3, 0.4) is 0 Å². The number of cyclic esters (lactones) is 1. The number of nitrogens with zero attached hydrogens (tertiary/aromatic N) is 1. The van der Waals surface area contributed by atoms with Crippen molar-refractivity contribution in [2.75, 3.05) is 13.6 Å². The van der Waals surface area contributed by atoms with E-state index in [0.717, 1.165) is 5.56 Å². The van der Waals surface area contributed by atoms with Crippen LogP contribution in [0, 0.1) is 0 Å². The van der Waals surface area contributed by atoms with Crippen molar-refractivity contribution in [3.63, 3.8) is 0 Å². The van der Waals surface area contributed by atoms with Crippen molar-refractivity contribution in [2.45, 2.75) is 6.10 Å². The summed E-state index contributed by atoms with van der Waals surface area (Å²) in [6.07, 6.45) is -0.346. The minimum atomic E-state index is -0.780. The Morgan fingerprint density at radius 1 is 1.27 bits per heavy atom. The monoisotopic (exact) mass is 205 g/mol. The summed E-state index contributed by atoms with van der Waals surface area (Å²) < 4.78 is 5.02. The van der Waals surface area contributed by atoms with Crippen LogP contribution in [0.4, 0.5) is 0 Å². The minimum absolute atomic E-state index is 0.346. The summed E-state index contributed by atoms with van der Waals surface area (Å²) in [4.78, 5) is 23.7. The number of hydrogen-bond donors (Lipinski definition) is 0. The summed E-state index contributed by atoms with van der Waals surface area (Å²) in [6.45, 7) is 0.411. The molecule has 1 fully saturated rings. The third kappa shape index (κ3) is 1.83. The fourth-order valence-electron chi connectivity index (χ4n) is 1.55. The zero-order valence-corrected chi connectivity index (χ0v) is 8.34. The molecule has 1 aliphatic rings. The van der Waals surface area contributed by atoms with Gasteiger partial charge in [-0.3, -0.25) is 4.79 Å². The molecular formula is C11H11NO3. The van der Waals surface area contributed by atoms with Crippen molar-refractivity contribution in [2.24, 2.45) is 0 Å². The predicted octanol–water partition coefficient (Wildman–Crippen LogP) is 0.743. The van der Waals surface area contributed by atoms with Crippen molar-refractivity contribution >= 4 is 11.9 Å². The summed E-state index contributed by atoms with van der Waals surface area (Å²) in [5, 5.41) is 0. The molecule has 1 saturated heterocycles. The number of benzene rings is 1. The molecule has 0 N–H and O–H groups in total. The number of ether oxygens (including phenoxy) is 1. The van der Waals surface area contributed by atoms with E-state index in [2.05, 4.69) is 0 Å². The maximum atomic E-state index is 11.2. The van der Waals surface area contributed by atoms with Gasteiger partial charge >= 0.3 is 11.9 Å². The Bertz CT molecular complexity index is 388. The van der Waals surface area contributed by atoms with E-state index in [1.54, 1.807) is 7.05 Å². The molecule has 1 aromatic carbocycles. The molecule has 0 aromatic heterocycles. The third-order valence-corrected chi connectivity index (χ3v) is 2.38. The van der Waals surface area contributed by atoms with Crippen molar-refractivity contribution in [3.05, 3.63) is 35.9 Å². The Labute approximate surface area is 87.4 Å². The highest BCUT2D eigenvalue weighted by Crippen LogP contribution is 2.21. The first-order valence-corrected chi connectivity index (χ1v) is 4.69. The summed E-state index contributed by atoms with van der Waals surface area (Å²) in [5.41, 5.74) is 0.908. The van der Waals surface area contributed by atoms with Gasteiger partial charge in [-0.05, 0) is 5.56 Å². The number of morpholine rings is 1. The number of amides is 1. The largest absolute Gasteiger partial charge is 0.448 e. The summed E-state index contributed by atoms with van der Waals surface area (Å²) in [5.74, 6) is -1.36. The second-order valence-electron chi connectivity index (χ2n) is 3.49. The molecule has 1 aromatic rings. The zero-order chi connectivity index (χ0) is 10.8. The Morgan fingerprint density at radius 2 is 1.93 bits per heavy atom. The Kier molecular flexibility index (Phi) is 2.41. The van der Waals surface area contributed by atoms with Crippen LogP contribution < -0.4 is 0 Å². The van der Waals surface area contributed by atoms with Gasteiger partial charge in [-0.1, -0.05) is 30.3 Å². The quantitative estimate of drug-likeness (QED) is 0.502. The van der Waals surface area contributed by atoms with E-state index in [0.29, 0.717) is 6.54 Å². The van der Waals surface area contributed by atoms with Crippen LogP contribution in [0.25, 0.3) is 0 Å². The average Bonchev–Trinajstić information content (AvgIpc) is 2.26. The molecule has 1 atom stereocenters. The molecule has 1 unspecified atom stereocenters. The van der Waals surface area contributed by atoms with Gasteiger partial charge in [0.2, 0.25) is 0 Å². The van der Waals surface area contributed by atoms with Gasteiger partial charge in [-0.25, -0.2) is 4.79 Å². The Morgan fingerprint density at radius 3 is 2.53 bits per heavy atom. The summed E-state index contributed by atoms with van der Waals surface area (Å²) >= 11 is 0. The Hall–Kier alpha value is -1.84. The van der Waals surface area contributed by atoms with Gasteiger partial charge in [0, 0.05) is 7.05 Å². The van der Waals surface area contributed by atoms with Crippen LogP contribution in [0.2, 0.25) is 0 Å². The molecule has 78 valence electrons. The molecule has 0 bridgehead atoms. The number of carbonyl (C=O) groups excluding carboxylic acids is 2. The number of likely N-dealkylation sites (N-methyl/N-ethyl adjacent to an activating group) is 1. The predicted molar refractivity (Wildman–Crippen MR) is 52.9 cm³/mol. The fourth-order valence-corrected chi connectivity index (χ4v) is 1.55. The van der Waals surface area contributed by atoms with E-state index in [1.165, 1.54) is 4.90 Å². The lowest BCUT2D eigenvalue weighted by Gasteiger charge is -2.28. The second-order valence-corrected chi connectivity index (χ2v) is 3.49. The lowest BCUT2D eigenvalue weighted by Crippen LogP contribution is -2.44. The van der Waals surface area contributed by atoms with Crippen molar-refractivity contribution < 1.29 is 14.3 Å². The van der Waals surface area contributed by atoms with Gasteiger partial charge in [0.25, 0.3) is 0 Å². The number of rotatable bonds is 1. The van der Waals surface area contributed by atoms with Crippen LogP contribution in [0.15, 0.2) is 30.3 Å². The van der Waals surface area contributed by atoms with E-state index in [1.807, 2.05) is 30.3 Å². The minimum Gasteiger partial charge on any atom is -0.448 e. The van der Waals surface area contributed by atoms with Gasteiger partial charge in [0.1, 0.15) is 6.10 Å². The lowest BCUT2D eigenvalue weighted by molar-refractivity contribution is -0.171. The molecular weight excluding hydrogens is 194 g/mol. The highest BCUT2D eigenvalue weighted by atomic mass is 16.6. The van der Waals surface area contributed by atoms with E-state index in [-0.39, 0.29) is 6.10 Å². The SMILES string of the molecule is CN1CC(c2ccccc2)OC(=O)C1=O. The third-order valence-electron chi connectivity index (χ3n) is 2.38. The van der Waals surface area contributed by atoms with E-state index >= 15 is 0 Å². The second kappa shape index (κ2) is 3.73. The van der Waals surface area contributed by atoms with Gasteiger partial charge in [-0.15, -0.1) is 0 Å². The van der Waals surface area contributed by atoms with E-state index in [9.17, 15) is 9.59 Å². The average molecular weight is 205 g/mol. The molecule has 0 spiro atoms. The van der Waals surface area contributed by atoms with Crippen LogP contribution in [-0.2, 0) is 14.3 Å². The number of hydrogen-bond acceptors (Lipinski definition) is 3. The first-order chi connectivity index (χ1) is 7.18. The first kappa shape index (κ1) is 9.71. The number of carbonyl (C=O) groups is 2. The Balaban J connectivity index is 2.20. The van der Waals surface area contributed by atoms with E-state index in [4.69, 9.17) is 4.74 Å². The molecule has 4 nitrogen and oxygen atoms in total. The molecule has 2 rings (SSSR count). The summed E-state index contributed by atoms with van der Waals surface area (Å²) in [6, 6.07) is 9.39. The van der Waals surface area contributed by atoms with Crippen molar-refractivity contribution in [1.82, 2.24) is 4.90 Å². The zero-order valence-electron chi connectivity index (χ0n) is 8.34. The smallest absolute Gasteiger partial charge is 0.397 e. The van der Waals surface area contributed by atoms with Crippen LogP contribution >= 0.6 is 0 Å². The molecule has 1 aliphatic heterocycles. The van der Waals surface area contributed by atoms with Crippen LogP contribution in [0.1, 0.15) is 11.7 Å². The molecule has 1 amide bonds. The molecule has 0 saturated carbocycles. The van der Waals surface area contributed by atoms with Gasteiger partial charge < -0.3 is 9.64 Å². The van der Waals surface area contributed by atoms with Gasteiger partial charge in [-0.2, -0.15) is 0 Å². The maximum absolute atomic E-state index is 11.2. The van der Waals surface area contributed by atoms with E-state index < -0.39 is 11.9 Å².